The molecule has 0 bridgehead atoms. The second-order valence-electron chi connectivity index (χ2n) is 8.38. The lowest BCUT2D eigenvalue weighted by Gasteiger charge is -2.34. The summed E-state index contributed by atoms with van der Waals surface area (Å²) < 4.78 is 12.3. The minimum Gasteiger partial charge on any atom is -0.494 e. The Hall–Kier alpha value is -2.18. The van der Waals surface area contributed by atoms with Crippen molar-refractivity contribution in [3.8, 4) is 11.8 Å². The van der Waals surface area contributed by atoms with Gasteiger partial charge < -0.3 is 19.7 Å². The number of carbonyl (C=O) groups excluding carboxylic acids is 2. The molecule has 1 unspecified atom stereocenters. The maximum absolute atomic E-state index is 12.6. The highest BCUT2D eigenvalue weighted by atomic mass is 16.6. The maximum Gasteiger partial charge on any atom is 0.309 e. The van der Waals surface area contributed by atoms with Crippen LogP contribution >= 0.6 is 0 Å². The summed E-state index contributed by atoms with van der Waals surface area (Å²) in [4.78, 5) is 24.0. The van der Waals surface area contributed by atoms with Crippen LogP contribution in [0.4, 0.5) is 0 Å². The van der Waals surface area contributed by atoms with Crippen LogP contribution < -0.4 is 0 Å². The van der Waals surface area contributed by atoms with Gasteiger partial charge in [0.2, 0.25) is 0 Å². The molecule has 0 radical (unpaired) electrons. The Morgan fingerprint density at radius 1 is 1.11 bits per heavy atom. The third-order valence-corrected chi connectivity index (χ3v) is 6.29. The summed E-state index contributed by atoms with van der Waals surface area (Å²) >= 11 is 0. The molecule has 1 aromatic heterocycles. The highest BCUT2D eigenvalue weighted by molar-refractivity contribution is 5.74. The summed E-state index contributed by atoms with van der Waals surface area (Å²) in [5.41, 5.74) is 0.624. The molecule has 0 spiro atoms. The van der Waals surface area contributed by atoms with Crippen LogP contribution in [-0.4, -0.2) is 38.9 Å². The fraction of sp³-hybridized carbons (Fsp3) is 0.700. The van der Waals surface area contributed by atoms with Crippen molar-refractivity contribution in [3.05, 3.63) is 11.1 Å². The molecule has 1 saturated heterocycles. The third-order valence-electron chi connectivity index (χ3n) is 6.29. The Morgan fingerprint density at radius 2 is 1.67 bits per heavy atom. The van der Waals surface area contributed by atoms with Gasteiger partial charge in [-0.1, -0.05) is 0 Å². The number of carbonyl (C=O) groups is 2. The molecular weight excluding hydrogens is 350 g/mol. The van der Waals surface area contributed by atoms with Gasteiger partial charge in [0.25, 0.3) is 0 Å². The smallest absolute Gasteiger partial charge is 0.309 e. The summed E-state index contributed by atoms with van der Waals surface area (Å²) in [6.45, 7) is 7.50. The Morgan fingerprint density at radius 3 is 2.15 bits per heavy atom. The van der Waals surface area contributed by atoms with Crippen LogP contribution in [0.2, 0.25) is 0 Å². The third kappa shape index (κ3) is 3.64. The highest BCUT2D eigenvalue weighted by Gasteiger charge is 2.41. The molecule has 1 atom stereocenters. The van der Waals surface area contributed by atoms with Crippen molar-refractivity contribution in [1.82, 2.24) is 4.57 Å². The van der Waals surface area contributed by atoms with Gasteiger partial charge >= 0.3 is 11.9 Å². The van der Waals surface area contributed by atoms with Crippen molar-refractivity contribution in [2.75, 3.05) is 6.61 Å². The minimum atomic E-state index is -0.745. The predicted molar refractivity (Wildman–Crippen MR) is 97.5 cm³/mol. The number of ether oxygens (including phenoxy) is 2. The second kappa shape index (κ2) is 7.09. The lowest BCUT2D eigenvalue weighted by atomic mass is 9.85. The summed E-state index contributed by atoms with van der Waals surface area (Å²) in [6, 6.07) is -0.0321. The van der Waals surface area contributed by atoms with Crippen molar-refractivity contribution in [3.63, 3.8) is 0 Å². The predicted octanol–water partition coefficient (Wildman–Crippen LogP) is 3.13. The van der Waals surface area contributed by atoms with E-state index in [9.17, 15) is 19.8 Å². The molecular formula is C20H29NO6. The van der Waals surface area contributed by atoms with Crippen LogP contribution in [0.15, 0.2) is 0 Å². The number of hydrogen-bond acceptors (Lipinski definition) is 6. The molecule has 1 saturated carbocycles. The van der Waals surface area contributed by atoms with Crippen molar-refractivity contribution in [1.29, 1.82) is 0 Å². The van der Waals surface area contributed by atoms with Crippen molar-refractivity contribution in [2.45, 2.75) is 71.4 Å². The van der Waals surface area contributed by atoms with Crippen LogP contribution in [-0.2, 0) is 19.1 Å². The molecule has 27 heavy (non-hydrogen) atoms. The van der Waals surface area contributed by atoms with Crippen molar-refractivity contribution >= 4 is 11.9 Å². The fourth-order valence-electron chi connectivity index (χ4n) is 4.10. The first-order valence-electron chi connectivity index (χ1n) is 9.59. The van der Waals surface area contributed by atoms with E-state index in [4.69, 9.17) is 9.47 Å². The topological polar surface area (TPSA) is 98.0 Å². The lowest BCUT2D eigenvalue weighted by Crippen LogP contribution is -2.39. The fourth-order valence-corrected chi connectivity index (χ4v) is 4.10. The zero-order valence-electron chi connectivity index (χ0n) is 16.4. The lowest BCUT2D eigenvalue weighted by molar-refractivity contribution is -0.168. The van der Waals surface area contributed by atoms with Gasteiger partial charge in [-0.3, -0.25) is 14.2 Å². The van der Waals surface area contributed by atoms with E-state index in [0.717, 1.165) is 0 Å². The van der Waals surface area contributed by atoms with Gasteiger partial charge in [0.15, 0.2) is 11.8 Å². The number of rotatable bonds is 4. The number of cyclic esters (lactones) is 1. The Balaban J connectivity index is 1.60. The SMILES string of the molecule is Cc1c(C)c(O)n(C2CCC(C(=O)OC(C)(C)C3COC(=O)C3)CC2)c1O. The van der Waals surface area contributed by atoms with Crippen LogP contribution in [0.3, 0.4) is 0 Å². The van der Waals surface area contributed by atoms with Gasteiger partial charge in [0, 0.05) is 23.1 Å². The molecule has 7 heteroatoms. The molecule has 2 heterocycles. The normalized spacial score (nSPS) is 26.1. The molecule has 2 N–H and O–H groups in total. The van der Waals surface area contributed by atoms with Crippen LogP contribution in [0.25, 0.3) is 0 Å². The first-order chi connectivity index (χ1) is 12.6. The van der Waals surface area contributed by atoms with Crippen LogP contribution in [0.1, 0.15) is 63.1 Å². The van der Waals surface area contributed by atoms with E-state index in [1.807, 2.05) is 13.8 Å². The van der Waals surface area contributed by atoms with E-state index in [2.05, 4.69) is 0 Å². The van der Waals surface area contributed by atoms with Gasteiger partial charge in [-0.05, 0) is 53.4 Å². The van der Waals surface area contributed by atoms with E-state index in [0.29, 0.717) is 36.8 Å². The number of nitrogens with zero attached hydrogens (tertiary/aromatic N) is 1. The number of hydrogen-bond donors (Lipinski definition) is 2. The van der Waals surface area contributed by atoms with Gasteiger partial charge in [-0.2, -0.15) is 0 Å². The second-order valence-corrected chi connectivity index (χ2v) is 8.38. The Kier molecular flexibility index (Phi) is 5.14. The summed E-state index contributed by atoms with van der Waals surface area (Å²) in [7, 11) is 0. The standard InChI is InChI=1S/C20H29NO6/c1-11-12(2)18(24)21(17(11)23)15-7-5-13(6-8-15)19(25)27-20(3,4)14-9-16(22)26-10-14/h13-15,23-24H,5-10H2,1-4H3. The molecule has 0 aromatic carbocycles. The van der Waals surface area contributed by atoms with Gasteiger partial charge in [0.1, 0.15) is 5.60 Å². The first kappa shape index (κ1) is 19.6. The largest absolute Gasteiger partial charge is 0.494 e. The quantitative estimate of drug-likeness (QED) is 0.780. The molecule has 1 aliphatic carbocycles. The Labute approximate surface area is 159 Å². The zero-order valence-corrected chi connectivity index (χ0v) is 16.4. The zero-order chi connectivity index (χ0) is 19.9. The van der Waals surface area contributed by atoms with Gasteiger partial charge in [-0.15, -0.1) is 0 Å². The average molecular weight is 379 g/mol. The molecule has 2 aliphatic rings. The van der Waals surface area contributed by atoms with E-state index < -0.39 is 5.60 Å². The van der Waals surface area contributed by atoms with Crippen molar-refractivity contribution in [2.24, 2.45) is 11.8 Å². The molecule has 1 aliphatic heterocycles. The van der Waals surface area contributed by atoms with E-state index in [1.54, 1.807) is 18.4 Å². The molecule has 1 aromatic rings. The first-order valence-corrected chi connectivity index (χ1v) is 9.59. The Bertz CT molecular complexity index is 717. The minimum absolute atomic E-state index is 0.0321. The molecule has 0 amide bonds. The van der Waals surface area contributed by atoms with E-state index in [-0.39, 0.29) is 54.6 Å². The number of aromatic hydroxyl groups is 2. The van der Waals surface area contributed by atoms with Crippen molar-refractivity contribution < 1.29 is 29.3 Å². The monoisotopic (exact) mass is 379 g/mol. The number of esters is 2. The van der Waals surface area contributed by atoms with E-state index >= 15 is 0 Å². The highest BCUT2D eigenvalue weighted by Crippen LogP contribution is 2.42. The summed E-state index contributed by atoms with van der Waals surface area (Å²) in [5.74, 6) is -0.621. The average Bonchev–Trinajstić information content (AvgIpc) is 3.14. The van der Waals surface area contributed by atoms with Gasteiger partial charge in [0.05, 0.1) is 18.9 Å². The molecule has 7 nitrogen and oxygen atoms in total. The summed E-state index contributed by atoms with van der Waals surface area (Å²) in [5, 5.41) is 20.6. The maximum atomic E-state index is 12.6. The number of aromatic nitrogens is 1. The molecule has 150 valence electrons. The molecule has 2 fully saturated rings. The molecule has 3 rings (SSSR count). The van der Waals surface area contributed by atoms with Gasteiger partial charge in [-0.25, -0.2) is 0 Å². The summed E-state index contributed by atoms with van der Waals surface area (Å²) in [6.07, 6.45) is 2.90. The van der Waals surface area contributed by atoms with Crippen LogP contribution in [0.5, 0.6) is 11.8 Å². The van der Waals surface area contributed by atoms with E-state index in [1.165, 1.54) is 0 Å². The van der Waals surface area contributed by atoms with Crippen LogP contribution in [0, 0.1) is 25.7 Å².